The molecule has 0 unspecified atom stereocenters. The first-order chi connectivity index (χ1) is 9.16. The largest absolute Gasteiger partial charge is 1.00 e. The lowest BCUT2D eigenvalue weighted by Gasteiger charge is -2.02. The topological polar surface area (TPSA) is 45.3 Å². The SMILES string of the molecule is C/C(=N\NC(=O)c1cc[n+](C)cc1)c1ccccc1.[I-]. The molecular formula is C15H16IN3O. The molecule has 2 aromatic rings. The predicted octanol–water partition coefficient (Wildman–Crippen LogP) is -1.33. The number of hydrogen-bond donors (Lipinski definition) is 1. The number of hydrazone groups is 1. The van der Waals surface area contributed by atoms with E-state index in [4.69, 9.17) is 0 Å². The van der Waals surface area contributed by atoms with Crippen LogP contribution in [0.1, 0.15) is 22.8 Å². The first-order valence-corrected chi connectivity index (χ1v) is 6.02. The Hall–Kier alpha value is -1.76. The summed E-state index contributed by atoms with van der Waals surface area (Å²) in [5.41, 5.74) is 4.90. The Kier molecular flexibility index (Phi) is 6.30. The van der Waals surface area contributed by atoms with Gasteiger partial charge in [-0.25, -0.2) is 9.99 Å². The van der Waals surface area contributed by atoms with E-state index in [1.807, 2.05) is 61.3 Å². The maximum Gasteiger partial charge on any atom is 0.271 e. The second-order valence-corrected chi connectivity index (χ2v) is 4.26. The van der Waals surface area contributed by atoms with Gasteiger partial charge in [0, 0.05) is 12.1 Å². The summed E-state index contributed by atoms with van der Waals surface area (Å²) in [5, 5.41) is 4.10. The molecule has 0 radical (unpaired) electrons. The molecule has 1 N–H and O–H groups in total. The summed E-state index contributed by atoms with van der Waals surface area (Å²) in [4.78, 5) is 11.9. The Bertz CT molecular complexity index is 594. The lowest BCUT2D eigenvalue weighted by atomic mass is 10.1. The van der Waals surface area contributed by atoms with Crippen molar-refractivity contribution < 1.29 is 33.3 Å². The fraction of sp³-hybridized carbons (Fsp3) is 0.133. The quantitative estimate of drug-likeness (QED) is 0.305. The number of pyridine rings is 1. The first kappa shape index (κ1) is 16.3. The first-order valence-electron chi connectivity index (χ1n) is 6.02. The van der Waals surface area contributed by atoms with Gasteiger partial charge >= 0.3 is 0 Å². The van der Waals surface area contributed by atoms with Crippen LogP contribution in [0.25, 0.3) is 0 Å². The van der Waals surface area contributed by atoms with E-state index >= 15 is 0 Å². The highest BCUT2D eigenvalue weighted by molar-refractivity contribution is 6.00. The number of amides is 1. The van der Waals surface area contributed by atoms with Gasteiger partial charge in [0.25, 0.3) is 5.91 Å². The summed E-state index contributed by atoms with van der Waals surface area (Å²) in [6.07, 6.45) is 3.64. The van der Waals surface area contributed by atoms with Crippen molar-refractivity contribution in [1.29, 1.82) is 0 Å². The average Bonchev–Trinajstić information content (AvgIpc) is 2.46. The Labute approximate surface area is 135 Å². The summed E-state index contributed by atoms with van der Waals surface area (Å²) in [7, 11) is 1.90. The van der Waals surface area contributed by atoms with Gasteiger partial charge in [-0.1, -0.05) is 30.3 Å². The summed E-state index contributed by atoms with van der Waals surface area (Å²) in [5.74, 6) is -0.212. The van der Waals surface area contributed by atoms with Gasteiger partial charge < -0.3 is 24.0 Å². The van der Waals surface area contributed by atoms with Crippen LogP contribution in [0.15, 0.2) is 60.0 Å². The third-order valence-electron chi connectivity index (χ3n) is 2.76. The van der Waals surface area contributed by atoms with Crippen molar-refractivity contribution in [2.45, 2.75) is 6.92 Å². The van der Waals surface area contributed by atoms with Crippen LogP contribution in [-0.4, -0.2) is 11.6 Å². The van der Waals surface area contributed by atoms with Crippen LogP contribution in [0, 0.1) is 0 Å². The fourth-order valence-electron chi connectivity index (χ4n) is 1.60. The van der Waals surface area contributed by atoms with Crippen LogP contribution >= 0.6 is 0 Å². The Morgan fingerprint density at radius 2 is 1.65 bits per heavy atom. The number of aromatic nitrogens is 1. The van der Waals surface area contributed by atoms with Crippen molar-refractivity contribution in [3.8, 4) is 0 Å². The highest BCUT2D eigenvalue weighted by atomic mass is 127. The minimum atomic E-state index is -0.212. The van der Waals surface area contributed by atoms with Gasteiger partial charge in [0.05, 0.1) is 11.3 Å². The van der Waals surface area contributed by atoms with Gasteiger partial charge in [0.15, 0.2) is 12.4 Å². The average molecular weight is 381 g/mol. The van der Waals surface area contributed by atoms with E-state index in [9.17, 15) is 4.79 Å². The minimum absolute atomic E-state index is 0. The molecule has 0 spiro atoms. The van der Waals surface area contributed by atoms with E-state index in [0.717, 1.165) is 11.3 Å². The minimum Gasteiger partial charge on any atom is -1.00 e. The van der Waals surface area contributed by atoms with Crippen molar-refractivity contribution in [3.05, 3.63) is 66.0 Å². The second kappa shape index (κ2) is 7.74. The molecule has 0 fully saturated rings. The molecule has 2 rings (SSSR count). The van der Waals surface area contributed by atoms with E-state index in [-0.39, 0.29) is 29.9 Å². The molecule has 0 saturated heterocycles. The third kappa shape index (κ3) is 4.41. The van der Waals surface area contributed by atoms with Gasteiger partial charge in [-0.3, -0.25) is 4.79 Å². The molecule has 20 heavy (non-hydrogen) atoms. The highest BCUT2D eigenvalue weighted by Gasteiger charge is 2.06. The van der Waals surface area contributed by atoms with Crippen LogP contribution in [0.4, 0.5) is 0 Å². The molecule has 104 valence electrons. The molecular weight excluding hydrogens is 365 g/mol. The fourth-order valence-corrected chi connectivity index (χ4v) is 1.60. The zero-order valence-electron chi connectivity index (χ0n) is 11.4. The van der Waals surface area contributed by atoms with Crippen LogP contribution in [0.2, 0.25) is 0 Å². The molecule has 1 amide bonds. The van der Waals surface area contributed by atoms with E-state index < -0.39 is 0 Å². The number of nitrogens with zero attached hydrogens (tertiary/aromatic N) is 2. The standard InChI is InChI=1S/C15H15N3O.HI/c1-12(13-6-4-3-5-7-13)16-17-15(19)14-8-10-18(2)11-9-14;/h3-11H,1-2H3;1H. The second-order valence-electron chi connectivity index (χ2n) is 4.26. The summed E-state index contributed by atoms with van der Waals surface area (Å²) >= 11 is 0. The predicted molar refractivity (Wildman–Crippen MR) is 73.7 cm³/mol. The number of carbonyl (C=O) groups is 1. The van der Waals surface area contributed by atoms with Gasteiger partial charge in [-0.05, 0) is 12.5 Å². The molecule has 0 atom stereocenters. The number of aryl methyl sites for hydroxylation is 1. The summed E-state index contributed by atoms with van der Waals surface area (Å²) in [6, 6.07) is 13.2. The highest BCUT2D eigenvalue weighted by Crippen LogP contribution is 2.00. The maximum absolute atomic E-state index is 11.9. The molecule has 0 bridgehead atoms. The number of rotatable bonds is 3. The van der Waals surface area contributed by atoms with Crippen LogP contribution in [0.5, 0.6) is 0 Å². The van der Waals surface area contributed by atoms with Crippen molar-refractivity contribution in [1.82, 2.24) is 5.43 Å². The number of hydrogen-bond acceptors (Lipinski definition) is 2. The molecule has 0 saturated carbocycles. The molecule has 1 aromatic heterocycles. The van der Waals surface area contributed by atoms with E-state index in [1.54, 1.807) is 12.1 Å². The maximum atomic E-state index is 11.9. The molecule has 1 aromatic carbocycles. The van der Waals surface area contributed by atoms with Crippen molar-refractivity contribution in [2.75, 3.05) is 0 Å². The van der Waals surface area contributed by atoms with Crippen molar-refractivity contribution in [2.24, 2.45) is 12.1 Å². The van der Waals surface area contributed by atoms with E-state index in [2.05, 4.69) is 10.5 Å². The molecule has 4 nitrogen and oxygen atoms in total. The summed E-state index contributed by atoms with van der Waals surface area (Å²) in [6.45, 7) is 1.86. The summed E-state index contributed by atoms with van der Waals surface area (Å²) < 4.78 is 1.87. The molecule has 1 heterocycles. The molecule has 0 aliphatic rings. The van der Waals surface area contributed by atoms with Gasteiger partial charge in [0.2, 0.25) is 0 Å². The molecule has 5 heteroatoms. The van der Waals surface area contributed by atoms with E-state index in [0.29, 0.717) is 5.56 Å². The lowest BCUT2D eigenvalue weighted by molar-refractivity contribution is -0.671. The van der Waals surface area contributed by atoms with E-state index in [1.165, 1.54) is 0 Å². The lowest BCUT2D eigenvalue weighted by Crippen LogP contribution is -3.00. The van der Waals surface area contributed by atoms with Crippen LogP contribution in [0.3, 0.4) is 0 Å². The Balaban J connectivity index is 0.00000200. The molecule has 0 aliphatic heterocycles. The van der Waals surface area contributed by atoms with Gasteiger partial charge in [-0.15, -0.1) is 0 Å². The van der Waals surface area contributed by atoms with Crippen molar-refractivity contribution in [3.63, 3.8) is 0 Å². The third-order valence-corrected chi connectivity index (χ3v) is 2.76. The smallest absolute Gasteiger partial charge is 0.271 e. The molecule has 0 aliphatic carbocycles. The number of nitrogens with one attached hydrogen (secondary N) is 1. The van der Waals surface area contributed by atoms with Crippen molar-refractivity contribution >= 4 is 11.6 Å². The monoisotopic (exact) mass is 381 g/mol. The van der Waals surface area contributed by atoms with Gasteiger partial charge in [0.1, 0.15) is 7.05 Å². The number of benzene rings is 1. The zero-order valence-corrected chi connectivity index (χ0v) is 13.5. The zero-order chi connectivity index (χ0) is 13.7. The van der Waals surface area contributed by atoms with Gasteiger partial charge in [-0.2, -0.15) is 5.10 Å². The number of carbonyl (C=O) groups excluding carboxylic acids is 1. The Morgan fingerprint density at radius 1 is 1.05 bits per heavy atom. The Morgan fingerprint density at radius 3 is 2.25 bits per heavy atom. The number of halogens is 1. The van der Waals surface area contributed by atoms with Crippen LogP contribution in [-0.2, 0) is 7.05 Å². The normalized spacial score (nSPS) is 10.6. The van der Waals surface area contributed by atoms with Crippen LogP contribution < -0.4 is 34.0 Å².